The molecule has 2 N–H and O–H groups in total. The molecule has 3 heterocycles. The fourth-order valence-corrected chi connectivity index (χ4v) is 7.01. The molecule has 1 fully saturated rings. The molecule has 1 amide bonds. The number of hydrogen-bond acceptors (Lipinski definition) is 6. The third-order valence-electron chi connectivity index (χ3n) is 8.22. The predicted molar refractivity (Wildman–Crippen MR) is 187 cm³/mol. The van der Waals surface area contributed by atoms with Crippen molar-refractivity contribution in [3.05, 3.63) is 126 Å². The number of carbonyl (C=O) groups is 2. The highest BCUT2D eigenvalue weighted by Crippen LogP contribution is 2.45. The van der Waals surface area contributed by atoms with Crippen LogP contribution in [-0.2, 0) is 22.7 Å². The molecule has 47 heavy (non-hydrogen) atoms. The smallest absolute Gasteiger partial charge is 0.345 e. The van der Waals surface area contributed by atoms with Crippen LogP contribution in [0, 0.1) is 0 Å². The van der Waals surface area contributed by atoms with Gasteiger partial charge in [0.1, 0.15) is 23.8 Å². The van der Waals surface area contributed by atoms with E-state index in [9.17, 15) is 14.7 Å². The maximum atomic E-state index is 13.7. The molecule has 0 spiro atoms. The number of nitrogens with zero attached hydrogens (tertiary/aromatic N) is 2. The van der Waals surface area contributed by atoms with Crippen molar-refractivity contribution in [2.45, 2.75) is 13.2 Å². The van der Waals surface area contributed by atoms with Crippen molar-refractivity contribution in [3.63, 3.8) is 0 Å². The summed E-state index contributed by atoms with van der Waals surface area (Å²) in [4.78, 5) is 28.2. The number of benzene rings is 4. The maximum Gasteiger partial charge on any atom is 0.345 e. The number of aromatic nitrogens is 1. The van der Waals surface area contributed by atoms with E-state index in [4.69, 9.17) is 9.47 Å². The lowest BCUT2D eigenvalue weighted by Crippen LogP contribution is -2.36. The number of morpholine rings is 1. The van der Waals surface area contributed by atoms with Crippen LogP contribution < -0.4 is 15.0 Å². The van der Waals surface area contributed by atoms with E-state index < -0.39 is 5.97 Å². The van der Waals surface area contributed by atoms with Gasteiger partial charge in [-0.25, -0.2) is 4.79 Å². The average molecular weight is 644 g/mol. The van der Waals surface area contributed by atoms with E-state index in [1.165, 1.54) is 11.3 Å². The van der Waals surface area contributed by atoms with Crippen molar-refractivity contribution in [1.29, 1.82) is 0 Å². The number of nitrogens with one attached hydrogen (secondary N) is 1. The van der Waals surface area contributed by atoms with E-state index in [0.717, 1.165) is 57.2 Å². The summed E-state index contributed by atoms with van der Waals surface area (Å²) in [5.74, 6) is -0.485. The van der Waals surface area contributed by atoms with Gasteiger partial charge in [-0.15, -0.1) is 11.3 Å². The first-order chi connectivity index (χ1) is 23.0. The number of fused-ring (bicyclic) bond motifs is 1. The van der Waals surface area contributed by atoms with Gasteiger partial charge in [0.2, 0.25) is 5.91 Å². The van der Waals surface area contributed by atoms with Crippen molar-refractivity contribution in [2.24, 2.45) is 0 Å². The molecular formula is C38H33N3O5S. The largest absolute Gasteiger partial charge is 0.489 e. The van der Waals surface area contributed by atoms with Crippen LogP contribution in [0.25, 0.3) is 32.6 Å². The zero-order valence-corrected chi connectivity index (χ0v) is 26.4. The molecule has 6 aromatic rings. The lowest BCUT2D eigenvalue weighted by molar-refractivity contribution is -0.116. The van der Waals surface area contributed by atoms with Crippen molar-refractivity contribution in [3.8, 4) is 28.1 Å². The monoisotopic (exact) mass is 643 g/mol. The molecule has 4 aromatic carbocycles. The summed E-state index contributed by atoms with van der Waals surface area (Å²) in [5, 5.41) is 12.9. The second-order valence-corrected chi connectivity index (χ2v) is 12.4. The predicted octanol–water partition coefficient (Wildman–Crippen LogP) is 7.79. The number of hydrogen-bond donors (Lipinski definition) is 2. The van der Waals surface area contributed by atoms with Crippen molar-refractivity contribution in [2.75, 3.05) is 36.5 Å². The number of ether oxygens (including phenoxy) is 2. The summed E-state index contributed by atoms with van der Waals surface area (Å²) in [7, 11) is 0. The molecule has 2 aromatic heterocycles. The Balaban J connectivity index is 1.23. The summed E-state index contributed by atoms with van der Waals surface area (Å²) in [6.45, 7) is 3.51. The van der Waals surface area contributed by atoms with Crippen molar-refractivity contribution in [1.82, 2.24) is 4.57 Å². The first-order valence-corrected chi connectivity index (χ1v) is 16.3. The number of carbonyl (C=O) groups excluding carboxylic acids is 1. The molecular weight excluding hydrogens is 611 g/mol. The molecule has 8 nitrogen and oxygen atoms in total. The highest BCUT2D eigenvalue weighted by atomic mass is 32.1. The molecule has 236 valence electrons. The van der Waals surface area contributed by atoms with Crippen LogP contribution in [0.2, 0.25) is 0 Å². The molecule has 0 saturated carbocycles. The number of rotatable bonds is 10. The van der Waals surface area contributed by atoms with E-state index >= 15 is 0 Å². The first-order valence-electron chi connectivity index (χ1n) is 15.5. The fraction of sp³-hybridized carbons (Fsp3) is 0.158. The van der Waals surface area contributed by atoms with Gasteiger partial charge in [0, 0.05) is 30.0 Å². The van der Waals surface area contributed by atoms with Gasteiger partial charge in [-0.2, -0.15) is 0 Å². The summed E-state index contributed by atoms with van der Waals surface area (Å²) in [6, 6.07) is 37.2. The number of amides is 1. The second-order valence-electron chi connectivity index (χ2n) is 11.3. The van der Waals surface area contributed by atoms with Gasteiger partial charge in [-0.1, -0.05) is 60.7 Å². The molecule has 9 heteroatoms. The molecule has 1 aliphatic heterocycles. The lowest BCUT2D eigenvalue weighted by Gasteiger charge is -2.28. The van der Waals surface area contributed by atoms with Gasteiger partial charge in [-0.05, 0) is 71.3 Å². The summed E-state index contributed by atoms with van der Waals surface area (Å²) >= 11 is 1.22. The number of anilines is 2. The number of aromatic carboxylic acids is 1. The molecule has 1 aliphatic rings. The Bertz CT molecular complexity index is 2000. The summed E-state index contributed by atoms with van der Waals surface area (Å²) in [5.41, 5.74) is 7.10. The Morgan fingerprint density at radius 2 is 1.51 bits per heavy atom. The first kappa shape index (κ1) is 30.3. The summed E-state index contributed by atoms with van der Waals surface area (Å²) < 4.78 is 14.3. The SMILES string of the molecule is O=C(Cn1c(-c2ccc(OCc3ccccc3)cc2)c(-c2ccccc2)c2sc(C(=O)O)cc21)Nc1ccc(N2CCOCC2)cc1. The molecule has 1 saturated heterocycles. The minimum Gasteiger partial charge on any atom is -0.489 e. The Morgan fingerprint density at radius 3 is 2.19 bits per heavy atom. The number of carboxylic acid groups (broad SMARTS) is 1. The van der Waals surface area contributed by atoms with Gasteiger partial charge in [-0.3, -0.25) is 4.79 Å². The summed E-state index contributed by atoms with van der Waals surface area (Å²) in [6.07, 6.45) is 0. The average Bonchev–Trinajstić information content (AvgIpc) is 3.67. The third-order valence-corrected chi connectivity index (χ3v) is 9.35. The van der Waals surface area contributed by atoms with Gasteiger partial charge in [0.15, 0.2) is 0 Å². The fourth-order valence-electron chi connectivity index (χ4n) is 5.94. The van der Waals surface area contributed by atoms with Crippen LogP contribution in [0.3, 0.4) is 0 Å². The standard InChI is InChI=1S/C38H33N3O5S/c42-34(39-29-13-15-30(16-14-29)40-19-21-45-22-20-40)24-41-32-23-33(38(43)44)47-37(32)35(27-9-5-2-6-10-27)36(41)28-11-17-31(18-12-28)46-25-26-7-3-1-4-8-26/h1-18,23H,19-22,24-25H2,(H,39,42)(H,43,44). The number of thiophene rings is 1. The van der Waals surface area contributed by atoms with Gasteiger partial charge in [0.05, 0.1) is 29.1 Å². The van der Waals surface area contributed by atoms with E-state index in [2.05, 4.69) is 10.2 Å². The second kappa shape index (κ2) is 13.5. The van der Waals surface area contributed by atoms with Crippen LogP contribution >= 0.6 is 11.3 Å². The normalized spacial score (nSPS) is 13.1. The highest BCUT2D eigenvalue weighted by molar-refractivity contribution is 7.21. The minimum absolute atomic E-state index is 0.00800. The van der Waals surface area contributed by atoms with Gasteiger partial charge < -0.3 is 29.4 Å². The molecule has 7 rings (SSSR count). The van der Waals surface area contributed by atoms with E-state index in [0.29, 0.717) is 31.0 Å². The zero-order valence-electron chi connectivity index (χ0n) is 25.6. The van der Waals surface area contributed by atoms with Crippen molar-refractivity contribution >= 4 is 44.8 Å². The van der Waals surface area contributed by atoms with E-state index in [-0.39, 0.29) is 17.3 Å². The van der Waals surface area contributed by atoms with E-state index in [1.54, 1.807) is 6.07 Å². The Labute approximate surface area is 276 Å². The van der Waals surface area contributed by atoms with Gasteiger partial charge >= 0.3 is 5.97 Å². The van der Waals surface area contributed by atoms with Crippen LogP contribution in [0.5, 0.6) is 5.75 Å². The molecule has 0 atom stereocenters. The highest BCUT2D eigenvalue weighted by Gasteiger charge is 2.25. The van der Waals surface area contributed by atoms with E-state index in [1.807, 2.05) is 114 Å². The lowest BCUT2D eigenvalue weighted by atomic mass is 10.0. The third kappa shape index (κ3) is 6.63. The Morgan fingerprint density at radius 1 is 0.830 bits per heavy atom. The van der Waals surface area contributed by atoms with Crippen LogP contribution in [0.1, 0.15) is 15.2 Å². The molecule has 0 unspecified atom stereocenters. The number of carboxylic acids is 1. The minimum atomic E-state index is -0.997. The van der Waals surface area contributed by atoms with Crippen LogP contribution in [-0.4, -0.2) is 47.9 Å². The Kier molecular flexibility index (Phi) is 8.73. The molecule has 0 aliphatic carbocycles. The van der Waals surface area contributed by atoms with Crippen LogP contribution in [0.4, 0.5) is 11.4 Å². The molecule has 0 radical (unpaired) electrons. The van der Waals surface area contributed by atoms with Crippen molar-refractivity contribution < 1.29 is 24.2 Å². The quantitative estimate of drug-likeness (QED) is 0.158. The van der Waals surface area contributed by atoms with Gasteiger partial charge in [0.25, 0.3) is 0 Å². The Hall–Kier alpha value is -5.38. The van der Waals surface area contributed by atoms with Crippen LogP contribution in [0.15, 0.2) is 115 Å². The molecule has 0 bridgehead atoms. The maximum absolute atomic E-state index is 13.7. The zero-order chi connectivity index (χ0) is 32.2. The topological polar surface area (TPSA) is 93.0 Å².